The van der Waals surface area contributed by atoms with Crippen molar-refractivity contribution in [2.45, 2.75) is 19.4 Å². The summed E-state index contributed by atoms with van der Waals surface area (Å²) in [5.41, 5.74) is 0.730. The van der Waals surface area contributed by atoms with Crippen LogP contribution in [0.3, 0.4) is 0 Å². The van der Waals surface area contributed by atoms with Gasteiger partial charge < -0.3 is 15.2 Å². The van der Waals surface area contributed by atoms with Gasteiger partial charge in [0.25, 0.3) is 0 Å². The maximum absolute atomic E-state index is 13.2. The van der Waals surface area contributed by atoms with Crippen molar-refractivity contribution in [3.63, 3.8) is 0 Å². The number of benzene rings is 2. The number of nitrogens with zero attached hydrogens (tertiary/aromatic N) is 3. The Balaban J connectivity index is 1.81. The molecule has 7 nitrogen and oxygen atoms in total. The molecule has 0 saturated heterocycles. The van der Waals surface area contributed by atoms with Crippen molar-refractivity contribution in [2.24, 2.45) is 0 Å². The fourth-order valence-electron chi connectivity index (χ4n) is 2.84. The Hall–Kier alpha value is -3.23. The van der Waals surface area contributed by atoms with Gasteiger partial charge in [-0.3, -0.25) is 5.10 Å². The summed E-state index contributed by atoms with van der Waals surface area (Å²) in [7, 11) is 0. The average molecular weight is 428 g/mol. The monoisotopic (exact) mass is 427 g/mol. The first-order valence-electron chi connectivity index (χ1n) is 9.21. The summed E-state index contributed by atoms with van der Waals surface area (Å²) in [5, 5.41) is 21.7. The molecule has 30 heavy (non-hydrogen) atoms. The van der Waals surface area contributed by atoms with Crippen molar-refractivity contribution in [3.05, 3.63) is 59.4 Å². The van der Waals surface area contributed by atoms with E-state index in [9.17, 15) is 9.50 Å². The van der Waals surface area contributed by atoms with Gasteiger partial charge in [0, 0.05) is 12.1 Å². The van der Waals surface area contributed by atoms with E-state index in [0.717, 1.165) is 0 Å². The molecule has 2 heterocycles. The van der Waals surface area contributed by atoms with Crippen LogP contribution in [0.1, 0.15) is 13.8 Å². The number of rotatable bonds is 6. The molecule has 0 spiro atoms. The largest absolute Gasteiger partial charge is 0.424 e. The third kappa shape index (κ3) is 4.34. The van der Waals surface area contributed by atoms with Crippen LogP contribution in [0.25, 0.3) is 22.3 Å². The highest BCUT2D eigenvalue weighted by molar-refractivity contribution is 6.33. The van der Waals surface area contributed by atoms with Crippen LogP contribution in [-0.4, -0.2) is 37.4 Å². The zero-order valence-electron chi connectivity index (χ0n) is 16.3. The number of ether oxygens (including phenoxy) is 1. The zero-order chi connectivity index (χ0) is 21.3. The Morgan fingerprint density at radius 3 is 2.57 bits per heavy atom. The highest BCUT2D eigenvalue weighted by Crippen LogP contribution is 2.35. The van der Waals surface area contributed by atoms with Crippen LogP contribution in [0.2, 0.25) is 5.02 Å². The average Bonchev–Trinajstić information content (AvgIpc) is 3.11. The van der Waals surface area contributed by atoms with Gasteiger partial charge in [0.1, 0.15) is 23.1 Å². The van der Waals surface area contributed by atoms with Gasteiger partial charge in [0.15, 0.2) is 5.65 Å². The second kappa shape index (κ2) is 7.89. The van der Waals surface area contributed by atoms with Gasteiger partial charge in [0.05, 0.1) is 16.0 Å². The zero-order valence-corrected chi connectivity index (χ0v) is 17.0. The van der Waals surface area contributed by atoms with Crippen molar-refractivity contribution in [1.29, 1.82) is 0 Å². The van der Waals surface area contributed by atoms with Crippen LogP contribution in [0, 0.1) is 5.82 Å². The van der Waals surface area contributed by atoms with E-state index in [0.29, 0.717) is 38.9 Å². The van der Waals surface area contributed by atoms with E-state index >= 15 is 0 Å². The lowest BCUT2D eigenvalue weighted by molar-refractivity contribution is 0.0944. The summed E-state index contributed by atoms with van der Waals surface area (Å²) in [6.45, 7) is 3.58. The van der Waals surface area contributed by atoms with Gasteiger partial charge in [-0.2, -0.15) is 15.1 Å². The third-order valence-electron chi connectivity index (χ3n) is 4.24. The molecule has 4 aromatic rings. The van der Waals surface area contributed by atoms with Crippen molar-refractivity contribution in [1.82, 2.24) is 20.2 Å². The number of aliphatic hydroxyl groups is 1. The first-order chi connectivity index (χ1) is 14.3. The van der Waals surface area contributed by atoms with Crippen LogP contribution >= 0.6 is 11.6 Å². The summed E-state index contributed by atoms with van der Waals surface area (Å²) in [6.07, 6.45) is 0. The Bertz CT molecular complexity index is 1190. The molecule has 9 heteroatoms. The van der Waals surface area contributed by atoms with Crippen molar-refractivity contribution >= 4 is 28.5 Å². The molecule has 0 fully saturated rings. The smallest absolute Gasteiger partial charge is 0.326 e. The SMILES string of the molecule is CC(C)(O)CNc1nc(Oc2ccc(F)cc2)nc2[nH]nc(-c3ccccc3Cl)c12. The topological polar surface area (TPSA) is 96.0 Å². The summed E-state index contributed by atoms with van der Waals surface area (Å²) < 4.78 is 18.8. The summed E-state index contributed by atoms with van der Waals surface area (Å²) in [6, 6.07) is 12.9. The summed E-state index contributed by atoms with van der Waals surface area (Å²) in [4.78, 5) is 8.84. The number of hydrogen-bond acceptors (Lipinski definition) is 6. The lowest BCUT2D eigenvalue weighted by atomic mass is 10.1. The van der Waals surface area contributed by atoms with Crippen LogP contribution in [0.15, 0.2) is 48.5 Å². The molecular formula is C21H19ClFN5O2. The molecule has 0 bridgehead atoms. The van der Waals surface area contributed by atoms with Gasteiger partial charge in [-0.05, 0) is 44.2 Å². The van der Waals surface area contributed by atoms with Gasteiger partial charge in [-0.25, -0.2) is 4.39 Å². The predicted molar refractivity (Wildman–Crippen MR) is 113 cm³/mol. The third-order valence-corrected chi connectivity index (χ3v) is 4.57. The van der Waals surface area contributed by atoms with E-state index in [4.69, 9.17) is 16.3 Å². The molecule has 2 aromatic carbocycles. The van der Waals surface area contributed by atoms with Gasteiger partial charge >= 0.3 is 6.01 Å². The van der Waals surface area contributed by atoms with E-state index < -0.39 is 5.60 Å². The van der Waals surface area contributed by atoms with Crippen LogP contribution in [-0.2, 0) is 0 Å². The standard InChI is InChI=1S/C21H19ClFN5O2/c1-21(2,29)11-24-18-16-17(14-5-3-4-6-15(14)22)27-28-19(16)26-20(25-18)30-13-9-7-12(23)8-10-13/h3-10,29H,11H2,1-2H3,(H2,24,25,26,27,28). The van der Waals surface area contributed by atoms with Crippen molar-refractivity contribution < 1.29 is 14.2 Å². The maximum Gasteiger partial charge on any atom is 0.326 e. The molecule has 0 radical (unpaired) electrons. The van der Waals surface area contributed by atoms with E-state index in [2.05, 4.69) is 25.5 Å². The Labute approximate surface area is 176 Å². The number of fused-ring (bicyclic) bond motifs is 1. The Morgan fingerprint density at radius 1 is 1.13 bits per heavy atom. The molecule has 0 aliphatic carbocycles. The maximum atomic E-state index is 13.2. The first-order valence-corrected chi connectivity index (χ1v) is 9.59. The molecule has 4 rings (SSSR count). The van der Waals surface area contributed by atoms with E-state index in [1.807, 2.05) is 18.2 Å². The normalized spacial score (nSPS) is 11.6. The predicted octanol–water partition coefficient (Wildman–Crippen LogP) is 4.79. The van der Waals surface area contributed by atoms with Crippen molar-refractivity contribution in [2.75, 3.05) is 11.9 Å². The molecule has 0 atom stereocenters. The minimum absolute atomic E-state index is 0.0433. The molecular weight excluding hydrogens is 409 g/mol. The Morgan fingerprint density at radius 2 is 1.87 bits per heavy atom. The fourth-order valence-corrected chi connectivity index (χ4v) is 3.07. The number of H-pyrrole nitrogens is 1. The summed E-state index contributed by atoms with van der Waals surface area (Å²) >= 11 is 6.36. The molecule has 2 aromatic heterocycles. The van der Waals surface area contributed by atoms with Crippen molar-refractivity contribution in [3.8, 4) is 23.0 Å². The van der Waals surface area contributed by atoms with E-state index in [-0.39, 0.29) is 18.4 Å². The second-order valence-corrected chi connectivity index (χ2v) is 7.76. The fraction of sp³-hybridized carbons (Fsp3) is 0.190. The highest BCUT2D eigenvalue weighted by Gasteiger charge is 2.21. The molecule has 0 amide bonds. The van der Waals surface area contributed by atoms with Crippen LogP contribution in [0.5, 0.6) is 11.8 Å². The van der Waals surface area contributed by atoms with E-state index in [1.54, 1.807) is 19.9 Å². The molecule has 3 N–H and O–H groups in total. The first kappa shape index (κ1) is 20.1. The summed E-state index contributed by atoms with van der Waals surface area (Å²) in [5.74, 6) is 0.433. The van der Waals surface area contributed by atoms with Gasteiger partial charge in [0.2, 0.25) is 0 Å². The molecule has 0 saturated carbocycles. The van der Waals surface area contributed by atoms with Gasteiger partial charge in [-0.1, -0.05) is 29.8 Å². The number of aromatic amines is 1. The molecule has 0 aliphatic heterocycles. The molecule has 154 valence electrons. The lowest BCUT2D eigenvalue weighted by Crippen LogP contribution is -2.29. The Kier molecular flexibility index (Phi) is 5.27. The second-order valence-electron chi connectivity index (χ2n) is 7.35. The number of anilines is 1. The lowest BCUT2D eigenvalue weighted by Gasteiger charge is -2.19. The number of halogens is 2. The number of hydrogen-bond donors (Lipinski definition) is 3. The number of nitrogens with one attached hydrogen (secondary N) is 2. The van der Waals surface area contributed by atoms with Crippen LogP contribution < -0.4 is 10.1 Å². The highest BCUT2D eigenvalue weighted by atomic mass is 35.5. The minimum atomic E-state index is -0.983. The van der Waals surface area contributed by atoms with Crippen LogP contribution in [0.4, 0.5) is 10.2 Å². The molecule has 0 aliphatic rings. The minimum Gasteiger partial charge on any atom is -0.424 e. The molecule has 0 unspecified atom stereocenters. The van der Waals surface area contributed by atoms with Gasteiger partial charge in [-0.15, -0.1) is 0 Å². The van der Waals surface area contributed by atoms with E-state index in [1.165, 1.54) is 24.3 Å². The number of aromatic nitrogens is 4. The quantitative estimate of drug-likeness (QED) is 0.409.